The Morgan fingerprint density at radius 1 is 0.943 bits per heavy atom. The molecule has 2 saturated heterocycles. The van der Waals surface area contributed by atoms with Crippen molar-refractivity contribution < 1.29 is 4.74 Å². The van der Waals surface area contributed by atoms with Crippen LogP contribution < -0.4 is 10.2 Å². The van der Waals surface area contributed by atoms with E-state index in [1.807, 2.05) is 18.3 Å². The van der Waals surface area contributed by atoms with Gasteiger partial charge in [-0.1, -0.05) is 47.5 Å². The number of fused-ring (bicyclic) bond motifs is 2. The van der Waals surface area contributed by atoms with Crippen molar-refractivity contribution in [2.75, 3.05) is 44.2 Å². The highest BCUT2D eigenvalue weighted by Gasteiger charge is 2.47. The lowest BCUT2D eigenvalue weighted by atomic mass is 9.83. The second-order valence-corrected chi connectivity index (χ2v) is 10.7. The molecule has 2 fully saturated rings. The molecule has 3 aliphatic heterocycles. The summed E-state index contributed by atoms with van der Waals surface area (Å²) in [6.45, 7) is 6.96. The van der Waals surface area contributed by atoms with Gasteiger partial charge in [-0.05, 0) is 59.9 Å². The van der Waals surface area contributed by atoms with Crippen molar-refractivity contribution in [3.8, 4) is 0 Å². The third-order valence-electron chi connectivity index (χ3n) is 7.61. The Morgan fingerprint density at radius 2 is 1.69 bits per heavy atom. The van der Waals surface area contributed by atoms with Crippen LogP contribution in [0.25, 0.3) is 0 Å². The van der Waals surface area contributed by atoms with Crippen LogP contribution in [-0.2, 0) is 16.9 Å². The molecule has 3 aromatic rings. The van der Waals surface area contributed by atoms with Gasteiger partial charge in [0, 0.05) is 55.9 Å². The van der Waals surface area contributed by atoms with Crippen LogP contribution in [0.3, 0.4) is 0 Å². The Labute approximate surface area is 217 Å². The molecule has 1 aromatic heterocycles. The number of aromatic nitrogens is 1. The molecule has 1 N–H and O–H groups in total. The van der Waals surface area contributed by atoms with Gasteiger partial charge in [-0.25, -0.2) is 0 Å². The Kier molecular flexibility index (Phi) is 6.46. The molecule has 0 saturated carbocycles. The maximum atomic E-state index is 6.87. The maximum absolute atomic E-state index is 6.87. The van der Waals surface area contributed by atoms with Gasteiger partial charge in [-0.3, -0.25) is 9.88 Å². The molecule has 1 unspecified atom stereocenters. The minimum Gasteiger partial charge on any atom is -0.368 e. The minimum absolute atomic E-state index is 0.145. The van der Waals surface area contributed by atoms with Crippen LogP contribution in [0.4, 0.5) is 5.69 Å². The van der Waals surface area contributed by atoms with Gasteiger partial charge in [-0.2, -0.15) is 0 Å². The number of pyridine rings is 1. The van der Waals surface area contributed by atoms with Gasteiger partial charge in [0.1, 0.15) is 6.10 Å². The Morgan fingerprint density at radius 3 is 2.40 bits per heavy atom. The van der Waals surface area contributed by atoms with Crippen molar-refractivity contribution in [3.05, 3.63) is 93.2 Å². The second-order valence-electron chi connectivity index (χ2n) is 9.80. The molecule has 7 heteroatoms. The van der Waals surface area contributed by atoms with Crippen LogP contribution in [0, 0.1) is 0 Å². The molecular weight excluding hydrogens is 479 g/mol. The van der Waals surface area contributed by atoms with E-state index in [0.29, 0.717) is 10.0 Å². The summed E-state index contributed by atoms with van der Waals surface area (Å²) in [5.41, 5.74) is 5.62. The number of nitrogens with one attached hydrogen (secondary N) is 1. The largest absolute Gasteiger partial charge is 0.368 e. The van der Waals surface area contributed by atoms with Gasteiger partial charge >= 0.3 is 0 Å². The third-order valence-corrected chi connectivity index (χ3v) is 8.04. The zero-order valence-corrected chi connectivity index (χ0v) is 21.2. The number of anilines is 1. The number of piperazine rings is 1. The van der Waals surface area contributed by atoms with E-state index >= 15 is 0 Å². The fourth-order valence-corrected chi connectivity index (χ4v) is 6.32. The van der Waals surface area contributed by atoms with Crippen molar-refractivity contribution in [2.24, 2.45) is 0 Å². The predicted molar refractivity (Wildman–Crippen MR) is 141 cm³/mol. The van der Waals surface area contributed by atoms with Crippen LogP contribution in [-0.4, -0.2) is 49.2 Å². The lowest BCUT2D eigenvalue weighted by Crippen LogP contribution is -2.43. The number of hydrogen-bond acceptors (Lipinski definition) is 5. The number of nitrogens with zero attached hydrogens (tertiary/aromatic N) is 3. The van der Waals surface area contributed by atoms with Gasteiger partial charge in [0.25, 0.3) is 0 Å². The van der Waals surface area contributed by atoms with Crippen LogP contribution in [0.15, 0.2) is 60.8 Å². The first-order valence-corrected chi connectivity index (χ1v) is 13.2. The average Bonchev–Trinajstić information content (AvgIpc) is 3.20. The van der Waals surface area contributed by atoms with Gasteiger partial charge in [0.05, 0.1) is 23.2 Å². The van der Waals surface area contributed by atoms with Crippen molar-refractivity contribution in [2.45, 2.75) is 31.1 Å². The van der Waals surface area contributed by atoms with Crippen LogP contribution >= 0.6 is 23.2 Å². The monoisotopic (exact) mass is 508 g/mol. The molecule has 0 radical (unpaired) electrons. The molecule has 4 heterocycles. The SMILES string of the molecule is Clc1cc(Cl)cc(C2OC3(CCN(Cc4ccc(N5CCNCC5)cn4)CC3)c3ccccc32)c1. The van der Waals surface area contributed by atoms with E-state index in [0.717, 1.165) is 69.9 Å². The van der Waals surface area contributed by atoms with Gasteiger partial charge in [0.2, 0.25) is 0 Å². The predicted octanol–water partition coefficient (Wildman–Crippen LogP) is 5.41. The molecule has 0 amide bonds. The highest BCUT2D eigenvalue weighted by atomic mass is 35.5. The number of hydrogen-bond donors (Lipinski definition) is 1. The molecule has 2 aromatic carbocycles. The average molecular weight is 509 g/mol. The van der Waals surface area contributed by atoms with Crippen LogP contribution in [0.2, 0.25) is 10.0 Å². The second kappa shape index (κ2) is 9.72. The topological polar surface area (TPSA) is 40.6 Å². The summed E-state index contributed by atoms with van der Waals surface area (Å²) in [5.74, 6) is 0. The number of ether oxygens (including phenoxy) is 1. The van der Waals surface area contributed by atoms with Crippen molar-refractivity contribution in [1.29, 1.82) is 0 Å². The summed E-state index contributed by atoms with van der Waals surface area (Å²) in [4.78, 5) is 9.67. The first kappa shape index (κ1) is 23.3. The maximum Gasteiger partial charge on any atom is 0.109 e. The number of halogens is 2. The molecule has 5 nitrogen and oxygen atoms in total. The molecule has 35 heavy (non-hydrogen) atoms. The van der Waals surface area contributed by atoms with Gasteiger partial charge in [-0.15, -0.1) is 0 Å². The highest BCUT2D eigenvalue weighted by Crippen LogP contribution is 2.51. The minimum atomic E-state index is -0.272. The highest BCUT2D eigenvalue weighted by molar-refractivity contribution is 6.34. The van der Waals surface area contributed by atoms with E-state index in [2.05, 4.69) is 51.5 Å². The van der Waals surface area contributed by atoms with E-state index < -0.39 is 0 Å². The fourth-order valence-electron chi connectivity index (χ4n) is 5.78. The normalized spacial score (nSPS) is 21.9. The number of likely N-dealkylation sites (tertiary alicyclic amines) is 1. The van der Waals surface area contributed by atoms with Gasteiger partial charge < -0.3 is 15.0 Å². The molecule has 1 spiro atoms. The van der Waals surface area contributed by atoms with Crippen LogP contribution in [0.5, 0.6) is 0 Å². The Bertz CT molecular complexity index is 1170. The molecule has 6 rings (SSSR count). The summed E-state index contributed by atoms with van der Waals surface area (Å²) < 4.78 is 6.87. The number of rotatable bonds is 4. The van der Waals surface area contributed by atoms with E-state index in [1.54, 1.807) is 6.07 Å². The Hall–Kier alpha value is -2.15. The zero-order chi connectivity index (χ0) is 23.8. The van der Waals surface area contributed by atoms with Crippen molar-refractivity contribution in [3.63, 3.8) is 0 Å². The van der Waals surface area contributed by atoms with Crippen molar-refractivity contribution in [1.82, 2.24) is 15.2 Å². The lowest BCUT2D eigenvalue weighted by Gasteiger charge is -2.39. The summed E-state index contributed by atoms with van der Waals surface area (Å²) in [6, 6.07) is 18.7. The smallest absolute Gasteiger partial charge is 0.109 e. The molecule has 3 aliphatic rings. The van der Waals surface area contributed by atoms with E-state index in [1.165, 1.54) is 16.8 Å². The Balaban J connectivity index is 1.15. The summed E-state index contributed by atoms with van der Waals surface area (Å²) in [5, 5.41) is 4.68. The number of piperidine rings is 1. The lowest BCUT2D eigenvalue weighted by molar-refractivity contribution is -0.0979. The summed E-state index contributed by atoms with van der Waals surface area (Å²) >= 11 is 12.6. The van der Waals surface area contributed by atoms with Crippen molar-refractivity contribution >= 4 is 28.9 Å². The molecule has 1 atom stereocenters. The fraction of sp³-hybridized carbons (Fsp3) is 0.393. The summed E-state index contributed by atoms with van der Waals surface area (Å²) in [6.07, 6.45) is 3.79. The van der Waals surface area contributed by atoms with E-state index in [9.17, 15) is 0 Å². The summed E-state index contributed by atoms with van der Waals surface area (Å²) in [7, 11) is 0. The number of benzene rings is 2. The van der Waals surface area contributed by atoms with Gasteiger partial charge in [0.15, 0.2) is 0 Å². The quantitative estimate of drug-likeness (QED) is 0.510. The first-order chi connectivity index (χ1) is 17.1. The zero-order valence-electron chi connectivity index (χ0n) is 19.7. The first-order valence-electron chi connectivity index (χ1n) is 12.5. The molecular formula is C28H30Cl2N4O. The standard InChI is InChI=1S/C28H30Cl2N4O/c29-21-15-20(16-22(30)17-21)27-25-3-1-2-4-26(25)28(35-27)7-11-33(12-8-28)19-23-5-6-24(18-32-23)34-13-9-31-10-14-34/h1-6,15-18,27,31H,7-14,19H2. The third kappa shape index (κ3) is 4.68. The van der Waals surface area contributed by atoms with E-state index in [4.69, 9.17) is 32.9 Å². The molecule has 0 bridgehead atoms. The molecule has 182 valence electrons. The van der Waals surface area contributed by atoms with E-state index in [-0.39, 0.29) is 11.7 Å². The molecule has 0 aliphatic carbocycles. The van der Waals surface area contributed by atoms with Crippen LogP contribution in [0.1, 0.15) is 41.3 Å².